The summed E-state index contributed by atoms with van der Waals surface area (Å²) in [4.78, 5) is 0. The molecule has 0 aliphatic heterocycles. The predicted octanol–water partition coefficient (Wildman–Crippen LogP) is -0.352. The van der Waals surface area contributed by atoms with E-state index >= 15 is 0 Å². The second kappa shape index (κ2) is 4.76. The molecule has 3 nitrogen and oxygen atoms in total. The van der Waals surface area contributed by atoms with Gasteiger partial charge in [-0.3, -0.25) is 10.6 Å². The molecule has 0 unspecified atom stereocenters. The first kappa shape index (κ1) is 7.61. The van der Waals surface area contributed by atoms with Gasteiger partial charge in [0.25, 0.3) is 0 Å². The summed E-state index contributed by atoms with van der Waals surface area (Å²) in [6.07, 6.45) is 0.223. The summed E-state index contributed by atoms with van der Waals surface area (Å²) in [5, 5.41) is 5.94. The van der Waals surface area contributed by atoms with E-state index in [9.17, 15) is 0 Å². The monoisotopic (exact) mass is 215 g/mol. The normalized spacial score (nSPS) is 10.3. The first-order chi connectivity index (χ1) is 3.35. The van der Waals surface area contributed by atoms with Crippen LogP contribution in [0.1, 0.15) is 0 Å². The molecule has 0 rings (SSSR count). The van der Waals surface area contributed by atoms with Crippen LogP contribution in [0.5, 0.6) is 0 Å². The van der Waals surface area contributed by atoms with Crippen LogP contribution in [0.25, 0.3) is 0 Å². The number of nitrogens with one attached hydrogen (secondary N) is 3. The highest BCUT2D eigenvalue weighted by molar-refractivity contribution is 14.1. The Hall–Kier alpha value is 0.610. The Morgan fingerprint density at radius 1 is 1.29 bits per heavy atom. The molecule has 0 saturated heterocycles. The van der Waals surface area contributed by atoms with Crippen molar-refractivity contribution in [3.8, 4) is 0 Å². The molecular weight excluding hydrogens is 205 g/mol. The molecule has 0 aliphatic carbocycles. The summed E-state index contributed by atoms with van der Waals surface area (Å²) in [5.41, 5.74) is 0. The lowest BCUT2D eigenvalue weighted by molar-refractivity contribution is 0.494. The minimum atomic E-state index is 0.223. The van der Waals surface area contributed by atoms with Crippen LogP contribution in [0.15, 0.2) is 0 Å². The van der Waals surface area contributed by atoms with Crippen LogP contribution in [0.3, 0.4) is 0 Å². The van der Waals surface area contributed by atoms with Crippen molar-refractivity contribution < 1.29 is 0 Å². The van der Waals surface area contributed by atoms with Gasteiger partial charge in [0.15, 0.2) is 0 Å². The van der Waals surface area contributed by atoms with Gasteiger partial charge in [0.1, 0.15) is 6.29 Å². The van der Waals surface area contributed by atoms with Crippen molar-refractivity contribution in [2.75, 3.05) is 14.1 Å². The molecule has 0 amide bonds. The smallest absolute Gasteiger partial charge is 0.119 e. The Balaban J connectivity index is 2.99. The van der Waals surface area contributed by atoms with Gasteiger partial charge in [-0.1, -0.05) is 0 Å². The molecule has 0 aromatic heterocycles. The molecule has 0 heterocycles. The van der Waals surface area contributed by atoms with Gasteiger partial charge in [-0.15, -0.1) is 0 Å². The van der Waals surface area contributed by atoms with Crippen LogP contribution in [-0.4, -0.2) is 20.4 Å². The zero-order valence-electron chi connectivity index (χ0n) is 4.46. The maximum Gasteiger partial charge on any atom is 0.119 e. The average Bonchev–Trinajstić information content (AvgIpc) is 1.72. The van der Waals surface area contributed by atoms with Crippen molar-refractivity contribution in [3.05, 3.63) is 0 Å². The summed E-state index contributed by atoms with van der Waals surface area (Å²) in [6, 6.07) is 0. The minimum absolute atomic E-state index is 0.223. The van der Waals surface area contributed by atoms with Crippen LogP contribution in [0.2, 0.25) is 0 Å². The first-order valence-electron chi connectivity index (χ1n) is 2.06. The fourth-order valence-electron chi connectivity index (χ4n) is 0.253. The lowest BCUT2D eigenvalue weighted by Crippen LogP contribution is -2.45. The minimum Gasteiger partial charge on any atom is -0.292 e. The van der Waals surface area contributed by atoms with Crippen molar-refractivity contribution in [1.29, 1.82) is 0 Å². The molecule has 0 aliphatic rings. The third kappa shape index (κ3) is 3.22. The van der Waals surface area contributed by atoms with Crippen LogP contribution in [0.4, 0.5) is 0 Å². The van der Waals surface area contributed by atoms with Gasteiger partial charge < -0.3 is 0 Å². The van der Waals surface area contributed by atoms with E-state index in [0.717, 1.165) is 0 Å². The molecule has 0 radical (unpaired) electrons. The lowest BCUT2D eigenvalue weighted by atomic mass is 10.8. The number of halogens is 1. The van der Waals surface area contributed by atoms with Crippen molar-refractivity contribution in [3.63, 3.8) is 0 Å². The van der Waals surface area contributed by atoms with Crippen molar-refractivity contribution in [1.82, 2.24) is 14.2 Å². The van der Waals surface area contributed by atoms with Crippen LogP contribution in [0, 0.1) is 0 Å². The SMILES string of the molecule is CNC(NC)NI. The molecule has 0 bridgehead atoms. The van der Waals surface area contributed by atoms with E-state index in [4.69, 9.17) is 0 Å². The van der Waals surface area contributed by atoms with Gasteiger partial charge in [0, 0.05) is 22.9 Å². The predicted molar refractivity (Wildman–Crippen MR) is 39.1 cm³/mol. The van der Waals surface area contributed by atoms with Crippen LogP contribution in [-0.2, 0) is 0 Å². The number of hydrogen-bond donors (Lipinski definition) is 3. The Morgan fingerprint density at radius 2 is 1.71 bits per heavy atom. The highest BCUT2D eigenvalue weighted by Crippen LogP contribution is 1.70. The zero-order valence-corrected chi connectivity index (χ0v) is 6.61. The van der Waals surface area contributed by atoms with Gasteiger partial charge in [-0.05, 0) is 14.1 Å². The maximum atomic E-state index is 2.97. The van der Waals surface area contributed by atoms with E-state index in [1.54, 1.807) is 0 Å². The van der Waals surface area contributed by atoms with E-state index in [-0.39, 0.29) is 6.29 Å². The second-order valence-electron chi connectivity index (χ2n) is 1.12. The Labute approximate surface area is 57.7 Å². The van der Waals surface area contributed by atoms with Crippen molar-refractivity contribution in [2.24, 2.45) is 0 Å². The van der Waals surface area contributed by atoms with E-state index in [2.05, 4.69) is 37.0 Å². The van der Waals surface area contributed by atoms with Crippen LogP contribution < -0.4 is 14.2 Å². The Morgan fingerprint density at radius 3 is 1.71 bits per heavy atom. The first-order valence-corrected chi connectivity index (χ1v) is 3.13. The fraction of sp³-hybridized carbons (Fsp3) is 1.00. The molecule has 0 saturated carbocycles. The van der Waals surface area contributed by atoms with Gasteiger partial charge in [0.05, 0.1) is 0 Å². The largest absolute Gasteiger partial charge is 0.292 e. The lowest BCUT2D eigenvalue weighted by Gasteiger charge is -2.10. The van der Waals surface area contributed by atoms with E-state index in [1.807, 2.05) is 14.1 Å². The third-order valence-corrected chi connectivity index (χ3v) is 1.31. The highest BCUT2D eigenvalue weighted by Gasteiger charge is 1.92. The Bertz CT molecular complexity index is 31.7. The van der Waals surface area contributed by atoms with Gasteiger partial charge in [0.2, 0.25) is 0 Å². The molecule has 4 heteroatoms. The molecule has 0 aromatic carbocycles. The molecule has 0 fully saturated rings. The summed E-state index contributed by atoms with van der Waals surface area (Å²) in [6.45, 7) is 0. The number of hydrogen-bond acceptors (Lipinski definition) is 3. The Kier molecular flexibility index (Phi) is 5.18. The fourth-order valence-corrected chi connectivity index (χ4v) is 0.876. The average molecular weight is 215 g/mol. The topological polar surface area (TPSA) is 36.1 Å². The molecule has 0 atom stereocenters. The summed E-state index contributed by atoms with van der Waals surface area (Å²) >= 11 is 2.07. The summed E-state index contributed by atoms with van der Waals surface area (Å²) < 4.78 is 2.95. The quantitative estimate of drug-likeness (QED) is 0.342. The summed E-state index contributed by atoms with van der Waals surface area (Å²) in [7, 11) is 3.76. The van der Waals surface area contributed by atoms with Gasteiger partial charge >= 0.3 is 0 Å². The molecule has 0 aromatic rings. The zero-order chi connectivity index (χ0) is 5.70. The molecule has 7 heavy (non-hydrogen) atoms. The molecule has 3 N–H and O–H groups in total. The maximum absolute atomic E-state index is 2.97. The van der Waals surface area contributed by atoms with E-state index < -0.39 is 0 Å². The summed E-state index contributed by atoms with van der Waals surface area (Å²) in [5.74, 6) is 0. The van der Waals surface area contributed by atoms with Gasteiger partial charge in [-0.2, -0.15) is 0 Å². The van der Waals surface area contributed by atoms with Gasteiger partial charge in [-0.25, -0.2) is 3.53 Å². The second-order valence-corrected chi connectivity index (χ2v) is 1.74. The third-order valence-electron chi connectivity index (χ3n) is 0.686. The standard InChI is InChI=1S/C3H10IN3/c1-5-3(6-2)7-4/h3,5-7H,1-2H3. The molecule has 0 spiro atoms. The van der Waals surface area contributed by atoms with Crippen molar-refractivity contribution in [2.45, 2.75) is 6.29 Å². The van der Waals surface area contributed by atoms with E-state index in [1.165, 1.54) is 0 Å². The van der Waals surface area contributed by atoms with Crippen molar-refractivity contribution >= 4 is 22.9 Å². The highest BCUT2D eigenvalue weighted by atomic mass is 127. The molecule has 44 valence electrons. The van der Waals surface area contributed by atoms with E-state index in [0.29, 0.717) is 0 Å². The number of rotatable bonds is 3. The molecular formula is C3H10IN3. The van der Waals surface area contributed by atoms with Crippen LogP contribution >= 0.6 is 22.9 Å².